The largest absolute Gasteiger partial charge is 0.416 e. The molecule has 0 atom stereocenters. The van der Waals surface area contributed by atoms with Crippen LogP contribution in [0, 0.1) is 0 Å². The Hall–Kier alpha value is -3.88. The number of nitrogens with one attached hydrogen (secondary N) is 1. The number of alkyl halides is 3. The van der Waals surface area contributed by atoms with Gasteiger partial charge in [0.2, 0.25) is 5.91 Å². The van der Waals surface area contributed by atoms with Gasteiger partial charge in [0.05, 0.1) is 23.3 Å². The van der Waals surface area contributed by atoms with E-state index in [1.807, 2.05) is 42.5 Å². The number of benzene rings is 2. The zero-order valence-electron chi connectivity index (χ0n) is 20.2. The Bertz CT molecular complexity index is 1270. The fourth-order valence-corrected chi connectivity index (χ4v) is 5.33. The number of halogens is 3. The minimum absolute atomic E-state index is 0.0473. The zero-order chi connectivity index (χ0) is 26.0. The highest BCUT2D eigenvalue weighted by molar-refractivity contribution is 6.00. The van der Waals surface area contributed by atoms with Crippen LogP contribution in [-0.4, -0.2) is 40.5 Å². The Morgan fingerprint density at radius 2 is 1.73 bits per heavy atom. The molecular weight excluding hydrogens is 481 g/mol. The van der Waals surface area contributed by atoms with Crippen LogP contribution in [0.5, 0.6) is 0 Å². The summed E-state index contributed by atoms with van der Waals surface area (Å²) < 4.78 is 39.2. The highest BCUT2D eigenvalue weighted by Gasteiger charge is 2.50. The van der Waals surface area contributed by atoms with E-state index in [-0.39, 0.29) is 18.3 Å². The predicted molar refractivity (Wildman–Crippen MR) is 135 cm³/mol. The smallest absolute Gasteiger partial charge is 0.325 e. The summed E-state index contributed by atoms with van der Waals surface area (Å²) in [6, 6.07) is 17.5. The molecule has 192 valence electrons. The van der Waals surface area contributed by atoms with Gasteiger partial charge in [-0.15, -0.1) is 0 Å². The van der Waals surface area contributed by atoms with Crippen LogP contribution in [0.15, 0.2) is 72.9 Å². The number of hydrogen-bond donors (Lipinski definition) is 1. The number of pyridine rings is 1. The van der Waals surface area contributed by atoms with Crippen molar-refractivity contribution in [3.63, 3.8) is 0 Å². The second-order valence-electron chi connectivity index (χ2n) is 9.63. The minimum atomic E-state index is -4.51. The van der Waals surface area contributed by atoms with E-state index in [9.17, 15) is 22.8 Å². The maximum atomic E-state index is 13.6. The normalized spacial score (nSPS) is 17.3. The summed E-state index contributed by atoms with van der Waals surface area (Å²) in [5.41, 5.74) is 1.22. The van der Waals surface area contributed by atoms with Gasteiger partial charge in [-0.3, -0.25) is 14.7 Å². The molecule has 37 heavy (non-hydrogen) atoms. The molecule has 9 heteroatoms. The van der Waals surface area contributed by atoms with Crippen LogP contribution in [-0.2, 0) is 11.0 Å². The Labute approximate surface area is 213 Å². The van der Waals surface area contributed by atoms with Gasteiger partial charge in [0.1, 0.15) is 6.54 Å². The zero-order valence-corrected chi connectivity index (χ0v) is 20.2. The molecule has 2 heterocycles. The van der Waals surface area contributed by atoms with E-state index in [1.165, 1.54) is 12.1 Å². The number of carbonyl (C=O) groups is 2. The summed E-state index contributed by atoms with van der Waals surface area (Å²) in [7, 11) is 0. The van der Waals surface area contributed by atoms with Crippen LogP contribution < -0.4 is 10.2 Å². The number of carbonyl (C=O) groups excluding carboxylic acids is 2. The third-order valence-electron chi connectivity index (χ3n) is 7.19. The van der Waals surface area contributed by atoms with Crippen LogP contribution in [0.1, 0.15) is 37.7 Å². The third-order valence-corrected chi connectivity index (χ3v) is 7.19. The molecule has 2 aliphatic rings. The van der Waals surface area contributed by atoms with Crippen LogP contribution in [0.25, 0.3) is 11.3 Å². The SMILES string of the molecule is O=C(CN1C(=O)N(c2ccc(-c3ccccn3)cc2)CC12CCCCC2)Nc1cccc(C(F)(F)F)c1. The molecule has 0 radical (unpaired) electrons. The van der Waals surface area contributed by atoms with Crippen LogP contribution in [0.4, 0.5) is 29.3 Å². The molecule has 1 aliphatic carbocycles. The Morgan fingerprint density at radius 1 is 0.973 bits per heavy atom. The van der Waals surface area contributed by atoms with Crippen LogP contribution in [0.2, 0.25) is 0 Å². The lowest BCUT2D eigenvalue weighted by Crippen LogP contribution is -2.51. The molecule has 1 N–H and O–H groups in total. The van der Waals surface area contributed by atoms with Crippen molar-refractivity contribution in [1.29, 1.82) is 0 Å². The Balaban J connectivity index is 1.35. The van der Waals surface area contributed by atoms with Crippen molar-refractivity contribution < 1.29 is 22.8 Å². The van der Waals surface area contributed by atoms with Gasteiger partial charge in [0.25, 0.3) is 0 Å². The van der Waals surface area contributed by atoms with Gasteiger partial charge in [-0.2, -0.15) is 13.2 Å². The van der Waals surface area contributed by atoms with Gasteiger partial charge in [-0.05, 0) is 55.3 Å². The first kappa shape index (κ1) is 24.8. The maximum absolute atomic E-state index is 13.6. The molecule has 1 saturated heterocycles. The van der Waals surface area contributed by atoms with Crippen molar-refractivity contribution in [2.75, 3.05) is 23.3 Å². The molecule has 3 amide bonds. The van der Waals surface area contributed by atoms with Crippen molar-refractivity contribution in [3.8, 4) is 11.3 Å². The van der Waals surface area contributed by atoms with E-state index in [0.717, 1.165) is 61.2 Å². The highest BCUT2D eigenvalue weighted by atomic mass is 19.4. The quantitative estimate of drug-likeness (QED) is 0.437. The lowest BCUT2D eigenvalue weighted by Gasteiger charge is -2.39. The van der Waals surface area contributed by atoms with Crippen LogP contribution in [0.3, 0.4) is 0 Å². The number of hydrogen-bond acceptors (Lipinski definition) is 3. The average Bonchev–Trinajstić information content (AvgIpc) is 3.15. The summed E-state index contributed by atoms with van der Waals surface area (Å²) in [6.07, 6.45) is 1.74. The number of urea groups is 1. The molecule has 6 nitrogen and oxygen atoms in total. The molecule has 5 rings (SSSR count). The topological polar surface area (TPSA) is 65.5 Å². The number of amides is 3. The average molecular weight is 509 g/mol. The molecule has 1 spiro atoms. The molecule has 0 bridgehead atoms. The van der Waals surface area contributed by atoms with Crippen molar-refractivity contribution >= 4 is 23.3 Å². The highest BCUT2D eigenvalue weighted by Crippen LogP contribution is 2.41. The van der Waals surface area contributed by atoms with Gasteiger partial charge >= 0.3 is 12.2 Å². The van der Waals surface area contributed by atoms with E-state index in [2.05, 4.69) is 10.3 Å². The maximum Gasteiger partial charge on any atom is 0.416 e. The first-order valence-corrected chi connectivity index (χ1v) is 12.3. The Kier molecular flexibility index (Phi) is 6.62. The van der Waals surface area contributed by atoms with Gasteiger partial charge in [-0.1, -0.05) is 43.5 Å². The second-order valence-corrected chi connectivity index (χ2v) is 9.63. The molecule has 1 saturated carbocycles. The van der Waals surface area contributed by atoms with Crippen LogP contribution >= 0.6 is 0 Å². The van der Waals surface area contributed by atoms with E-state index in [1.54, 1.807) is 16.0 Å². The third kappa shape index (κ3) is 5.16. The standard InChI is InChI=1S/C28H27F3N4O2/c29-28(30,31)21-7-6-8-22(17-21)33-25(36)18-35-26(37)34(19-27(35)14-3-1-4-15-27)23-12-10-20(11-13-23)24-9-2-5-16-32-24/h2,5-13,16-17H,1,3-4,14-15,18-19H2,(H,33,36). The van der Waals surface area contributed by atoms with Gasteiger partial charge in [0.15, 0.2) is 0 Å². The summed E-state index contributed by atoms with van der Waals surface area (Å²) in [6.45, 7) is 0.239. The summed E-state index contributed by atoms with van der Waals surface area (Å²) in [4.78, 5) is 34.2. The van der Waals surface area contributed by atoms with E-state index >= 15 is 0 Å². The number of rotatable bonds is 5. The molecule has 3 aromatic rings. The molecule has 2 fully saturated rings. The van der Waals surface area contributed by atoms with Gasteiger partial charge < -0.3 is 10.2 Å². The molecular formula is C28H27F3N4O2. The van der Waals surface area contributed by atoms with Crippen molar-refractivity contribution in [3.05, 3.63) is 78.5 Å². The van der Waals surface area contributed by atoms with Gasteiger partial charge in [-0.25, -0.2) is 4.79 Å². The Morgan fingerprint density at radius 3 is 2.41 bits per heavy atom. The molecule has 0 unspecified atom stereocenters. The first-order chi connectivity index (χ1) is 17.7. The summed E-state index contributed by atoms with van der Waals surface area (Å²) >= 11 is 0. The van der Waals surface area contributed by atoms with Crippen molar-refractivity contribution in [1.82, 2.24) is 9.88 Å². The monoisotopic (exact) mass is 508 g/mol. The fourth-order valence-electron chi connectivity index (χ4n) is 5.33. The molecule has 1 aromatic heterocycles. The lowest BCUT2D eigenvalue weighted by molar-refractivity contribution is -0.137. The summed E-state index contributed by atoms with van der Waals surface area (Å²) in [5, 5.41) is 2.55. The number of anilines is 2. The predicted octanol–water partition coefficient (Wildman–Crippen LogP) is 6.35. The fraction of sp³-hybridized carbons (Fsp3) is 0.321. The molecule has 2 aromatic carbocycles. The van der Waals surface area contributed by atoms with E-state index < -0.39 is 23.2 Å². The van der Waals surface area contributed by atoms with Crippen molar-refractivity contribution in [2.24, 2.45) is 0 Å². The first-order valence-electron chi connectivity index (χ1n) is 12.3. The number of nitrogens with zero attached hydrogens (tertiary/aromatic N) is 3. The molecule has 1 aliphatic heterocycles. The second kappa shape index (κ2) is 9.88. The van der Waals surface area contributed by atoms with Gasteiger partial charge in [0, 0.05) is 23.1 Å². The minimum Gasteiger partial charge on any atom is -0.325 e. The van der Waals surface area contributed by atoms with E-state index in [4.69, 9.17) is 0 Å². The lowest BCUT2D eigenvalue weighted by atomic mass is 9.81. The van der Waals surface area contributed by atoms with Crippen molar-refractivity contribution in [2.45, 2.75) is 43.8 Å². The van der Waals surface area contributed by atoms with E-state index in [0.29, 0.717) is 6.54 Å². The number of aromatic nitrogens is 1. The summed E-state index contributed by atoms with van der Waals surface area (Å²) in [5.74, 6) is -0.523.